The van der Waals surface area contributed by atoms with E-state index in [0.29, 0.717) is 59.2 Å². The zero-order valence-electron chi connectivity index (χ0n) is 24.9. The molecule has 0 aromatic carbocycles. The SMILES string of the molecule is CCCCCCCCN(CC)C(=O)NCCOCCOCCOCCNC(=O)CCCC[Si](C)(OC)OC. The summed E-state index contributed by atoms with van der Waals surface area (Å²) in [6, 6.07) is 0.863. The van der Waals surface area contributed by atoms with Crippen molar-refractivity contribution in [1.29, 1.82) is 0 Å². The highest BCUT2D eigenvalue weighted by molar-refractivity contribution is 6.65. The number of ether oxygens (including phenoxy) is 3. The molecule has 3 amide bonds. The molecule has 0 bridgehead atoms. The molecular formula is C27H57N3O7Si. The second-order valence-electron chi connectivity index (χ2n) is 9.52. The Balaban J connectivity index is 3.48. The summed E-state index contributed by atoms with van der Waals surface area (Å²) in [5.41, 5.74) is 0. The molecule has 0 spiro atoms. The van der Waals surface area contributed by atoms with Crippen molar-refractivity contribution >= 4 is 20.5 Å². The van der Waals surface area contributed by atoms with Crippen molar-refractivity contribution in [2.45, 2.75) is 84.2 Å². The lowest BCUT2D eigenvalue weighted by Crippen LogP contribution is -2.41. The normalized spacial score (nSPS) is 11.5. The fourth-order valence-corrected chi connectivity index (χ4v) is 5.21. The van der Waals surface area contributed by atoms with Crippen molar-refractivity contribution in [3.05, 3.63) is 0 Å². The van der Waals surface area contributed by atoms with Crippen LogP contribution >= 0.6 is 0 Å². The van der Waals surface area contributed by atoms with Crippen LogP contribution in [-0.2, 0) is 27.9 Å². The summed E-state index contributed by atoms with van der Waals surface area (Å²) in [4.78, 5) is 26.0. The van der Waals surface area contributed by atoms with E-state index in [9.17, 15) is 9.59 Å². The van der Waals surface area contributed by atoms with E-state index in [4.69, 9.17) is 23.1 Å². The highest BCUT2D eigenvalue weighted by Crippen LogP contribution is 2.15. The number of urea groups is 1. The summed E-state index contributed by atoms with van der Waals surface area (Å²) >= 11 is 0. The first-order chi connectivity index (χ1) is 18.4. The van der Waals surface area contributed by atoms with Crippen LogP contribution in [0.2, 0.25) is 12.6 Å². The zero-order chi connectivity index (χ0) is 28.3. The monoisotopic (exact) mass is 563 g/mol. The van der Waals surface area contributed by atoms with Crippen LogP contribution in [0.15, 0.2) is 0 Å². The van der Waals surface area contributed by atoms with Crippen molar-refractivity contribution < 1.29 is 32.7 Å². The Bertz CT molecular complexity index is 569. The van der Waals surface area contributed by atoms with Gasteiger partial charge in [-0.15, -0.1) is 0 Å². The van der Waals surface area contributed by atoms with Crippen LogP contribution in [0.5, 0.6) is 0 Å². The van der Waals surface area contributed by atoms with E-state index in [2.05, 4.69) is 17.6 Å². The number of nitrogens with zero attached hydrogens (tertiary/aromatic N) is 1. The number of hydrogen-bond donors (Lipinski definition) is 2. The van der Waals surface area contributed by atoms with E-state index in [-0.39, 0.29) is 11.9 Å². The van der Waals surface area contributed by atoms with E-state index in [0.717, 1.165) is 38.4 Å². The van der Waals surface area contributed by atoms with Crippen LogP contribution in [-0.4, -0.2) is 105 Å². The Labute approximate surface area is 233 Å². The smallest absolute Gasteiger partial charge is 0.334 e. The maximum absolute atomic E-state index is 12.3. The molecule has 0 aromatic heterocycles. The molecule has 0 aromatic rings. The van der Waals surface area contributed by atoms with Gasteiger partial charge in [-0.1, -0.05) is 45.4 Å². The summed E-state index contributed by atoms with van der Waals surface area (Å²) in [6.07, 6.45) is 9.57. The second kappa shape index (κ2) is 26.0. The van der Waals surface area contributed by atoms with Gasteiger partial charge in [0.2, 0.25) is 5.91 Å². The van der Waals surface area contributed by atoms with E-state index >= 15 is 0 Å². The van der Waals surface area contributed by atoms with E-state index in [1.54, 1.807) is 14.2 Å². The van der Waals surface area contributed by atoms with Gasteiger partial charge in [-0.2, -0.15) is 0 Å². The van der Waals surface area contributed by atoms with Crippen LogP contribution in [0.1, 0.15) is 71.6 Å². The summed E-state index contributed by atoms with van der Waals surface area (Å²) in [7, 11) is 1.33. The van der Waals surface area contributed by atoms with Crippen molar-refractivity contribution in [1.82, 2.24) is 15.5 Å². The van der Waals surface area contributed by atoms with Gasteiger partial charge in [0.1, 0.15) is 0 Å². The van der Waals surface area contributed by atoms with E-state index in [1.807, 2.05) is 18.4 Å². The zero-order valence-corrected chi connectivity index (χ0v) is 25.9. The average molecular weight is 564 g/mol. The molecule has 2 N–H and O–H groups in total. The average Bonchev–Trinajstić information content (AvgIpc) is 2.93. The number of amides is 3. The minimum Gasteiger partial charge on any atom is -0.398 e. The maximum atomic E-state index is 12.3. The molecule has 0 saturated carbocycles. The minimum atomic E-state index is -2.03. The van der Waals surface area contributed by atoms with Crippen molar-refractivity contribution in [3.8, 4) is 0 Å². The third kappa shape index (κ3) is 21.7. The van der Waals surface area contributed by atoms with Gasteiger partial charge >= 0.3 is 14.6 Å². The highest BCUT2D eigenvalue weighted by atomic mass is 28.4. The van der Waals surface area contributed by atoms with Crippen molar-refractivity contribution in [2.75, 3.05) is 80.0 Å². The van der Waals surface area contributed by atoms with Crippen LogP contribution < -0.4 is 10.6 Å². The molecular weight excluding hydrogens is 506 g/mol. The van der Waals surface area contributed by atoms with E-state index < -0.39 is 8.56 Å². The molecule has 226 valence electrons. The number of nitrogens with one attached hydrogen (secondary N) is 2. The highest BCUT2D eigenvalue weighted by Gasteiger charge is 2.27. The van der Waals surface area contributed by atoms with Gasteiger partial charge in [0.05, 0.1) is 39.6 Å². The first kappa shape index (κ1) is 36.8. The molecule has 38 heavy (non-hydrogen) atoms. The predicted molar refractivity (Wildman–Crippen MR) is 154 cm³/mol. The Hall–Kier alpha value is -1.24. The Morgan fingerprint density at radius 2 is 1.26 bits per heavy atom. The fourth-order valence-electron chi connectivity index (χ4n) is 3.74. The lowest BCUT2D eigenvalue weighted by atomic mass is 10.1. The molecule has 0 unspecified atom stereocenters. The molecule has 11 heteroatoms. The fraction of sp³-hybridized carbons (Fsp3) is 0.926. The standard InChI is InChI=1S/C27H57N3O7Si/c1-6-8-9-10-11-13-18-30(7-2)27(32)29-17-20-36-22-24-37-23-21-35-19-16-28-26(31)15-12-14-25-38(5,33-3)34-4/h6-25H2,1-5H3,(H,28,31)(H,29,32). The van der Waals surface area contributed by atoms with Crippen molar-refractivity contribution in [3.63, 3.8) is 0 Å². The van der Waals surface area contributed by atoms with Gasteiger partial charge in [-0.3, -0.25) is 4.79 Å². The lowest BCUT2D eigenvalue weighted by Gasteiger charge is -2.22. The number of hydrogen-bond acceptors (Lipinski definition) is 7. The first-order valence-electron chi connectivity index (χ1n) is 14.5. The van der Waals surface area contributed by atoms with Crippen molar-refractivity contribution in [2.24, 2.45) is 0 Å². The summed E-state index contributed by atoms with van der Waals surface area (Å²) in [5, 5.41) is 5.79. The van der Waals surface area contributed by atoms with Crippen LogP contribution in [0.4, 0.5) is 4.79 Å². The molecule has 0 aliphatic carbocycles. The number of rotatable bonds is 27. The molecule has 0 aliphatic heterocycles. The Kier molecular flexibility index (Phi) is 25.2. The number of unbranched alkanes of at least 4 members (excludes halogenated alkanes) is 6. The largest absolute Gasteiger partial charge is 0.398 e. The third-order valence-corrected chi connectivity index (χ3v) is 9.42. The van der Waals surface area contributed by atoms with Crippen LogP contribution in [0, 0.1) is 0 Å². The summed E-state index contributed by atoms with van der Waals surface area (Å²) < 4.78 is 27.4. The molecule has 10 nitrogen and oxygen atoms in total. The third-order valence-electron chi connectivity index (χ3n) is 6.43. The number of carbonyl (C=O) groups excluding carboxylic acids is 2. The minimum absolute atomic E-state index is 0.0209. The molecule has 0 radical (unpaired) electrons. The lowest BCUT2D eigenvalue weighted by molar-refractivity contribution is -0.121. The number of carbonyl (C=O) groups is 2. The molecule has 0 saturated heterocycles. The molecule has 0 atom stereocenters. The topological polar surface area (TPSA) is 108 Å². The van der Waals surface area contributed by atoms with Gasteiger partial charge in [0.15, 0.2) is 0 Å². The van der Waals surface area contributed by atoms with Gasteiger partial charge in [0, 0.05) is 46.8 Å². The predicted octanol–water partition coefficient (Wildman–Crippen LogP) is 4.08. The first-order valence-corrected chi connectivity index (χ1v) is 17.1. The van der Waals surface area contributed by atoms with Gasteiger partial charge < -0.3 is 38.6 Å². The summed E-state index contributed by atoms with van der Waals surface area (Å²) in [6.45, 7) is 11.6. The van der Waals surface area contributed by atoms with Gasteiger partial charge in [-0.05, 0) is 32.4 Å². The Morgan fingerprint density at radius 1 is 0.711 bits per heavy atom. The maximum Gasteiger partial charge on any atom is 0.334 e. The quantitative estimate of drug-likeness (QED) is 0.115. The second-order valence-corrected chi connectivity index (χ2v) is 13.1. The Morgan fingerprint density at radius 3 is 1.84 bits per heavy atom. The molecule has 0 rings (SSSR count). The van der Waals surface area contributed by atoms with Crippen LogP contribution in [0.25, 0.3) is 0 Å². The van der Waals surface area contributed by atoms with Gasteiger partial charge in [-0.25, -0.2) is 4.79 Å². The molecule has 0 fully saturated rings. The van der Waals surface area contributed by atoms with Crippen LogP contribution in [0.3, 0.4) is 0 Å². The van der Waals surface area contributed by atoms with E-state index in [1.165, 1.54) is 32.1 Å². The molecule has 0 heterocycles. The molecule has 0 aliphatic rings. The summed E-state index contributed by atoms with van der Waals surface area (Å²) in [5.74, 6) is 0.0385. The van der Waals surface area contributed by atoms with Gasteiger partial charge in [0.25, 0.3) is 0 Å².